The van der Waals surface area contributed by atoms with Crippen LogP contribution >= 0.6 is 0 Å². The zero-order valence-electron chi connectivity index (χ0n) is 87.8. The zero-order chi connectivity index (χ0) is 105. The van der Waals surface area contributed by atoms with Crippen LogP contribution in [0.15, 0.2) is 261 Å². The summed E-state index contributed by atoms with van der Waals surface area (Å²) in [4.78, 5) is 106. The van der Waals surface area contributed by atoms with E-state index in [9.17, 15) is 28.8 Å². The lowest BCUT2D eigenvalue weighted by molar-refractivity contribution is 0.0904. The molecule has 0 fully saturated rings. The summed E-state index contributed by atoms with van der Waals surface area (Å²) in [6.07, 6.45) is 8.39. The topological polar surface area (TPSA) is 238 Å². The molecule has 0 saturated heterocycles. The fraction of sp³-hybridized carbons (Fsp3) is 0.197. The molecule has 24 rings (SSSR count). The quantitative estimate of drug-likeness (QED) is 0.103. The van der Waals surface area contributed by atoms with Gasteiger partial charge in [-0.3, -0.25) is 33.7 Å². The van der Waals surface area contributed by atoms with Crippen LogP contribution in [0.5, 0.6) is 0 Å². The number of hydrogen-bond donors (Lipinski definition) is 0. The van der Waals surface area contributed by atoms with E-state index in [2.05, 4.69) is 255 Å². The second kappa shape index (κ2) is 38.4. The van der Waals surface area contributed by atoms with Crippen molar-refractivity contribution >= 4 is 102 Å². The Kier molecular flexibility index (Phi) is 25.1. The van der Waals surface area contributed by atoms with Crippen molar-refractivity contribution in [2.24, 2.45) is 0 Å². The number of anilines is 4. The number of nitrogens with zero attached hydrogens (tertiary/aromatic N) is 16. The van der Waals surface area contributed by atoms with Gasteiger partial charge >= 0.3 is 0 Å². The van der Waals surface area contributed by atoms with Gasteiger partial charge in [0.15, 0.2) is 0 Å². The molecule has 0 unspecified atom stereocenters. The van der Waals surface area contributed by atoms with Crippen LogP contribution < -0.4 is 19.6 Å². The van der Waals surface area contributed by atoms with E-state index < -0.39 is 23.6 Å². The fourth-order valence-electron chi connectivity index (χ4n) is 21.5. The van der Waals surface area contributed by atoms with Crippen molar-refractivity contribution in [1.29, 1.82) is 0 Å². The monoisotopic (exact) mass is 1960 g/mol. The Bertz CT molecular complexity index is 8800. The summed E-state index contributed by atoms with van der Waals surface area (Å²) in [5.41, 5.74) is 40.0. The number of carbonyl (C=O) groups excluding carboxylic acids is 6. The number of carbonyl (C=O) groups is 6. The number of imide groups is 2. The first-order chi connectivity index (χ1) is 71.5. The third kappa shape index (κ3) is 17.4. The number of pyridine rings is 2. The van der Waals surface area contributed by atoms with Crippen molar-refractivity contribution in [2.75, 3.05) is 32.7 Å². The predicted octanol–water partition coefficient (Wildman–Crippen LogP) is 26.8. The van der Waals surface area contributed by atoms with Gasteiger partial charge in [0.05, 0.1) is 56.7 Å². The second-order valence-corrected chi connectivity index (χ2v) is 40.4. The SMILES string of the molecule is Cc1cc2cc(C)c(-n3nc(C)c4c3C(=O)N(c3ccc(-c5ccccc5C)cc3C)CC4)cc2cc1C.Cc1cc2cc(C)c(-n3nc(C)c4c3C(=O)N(c3ccc(-c5ccccc5C)cn3)C4=O)cc2cc1C.Cc1cc2cc(C)c(-n3nc(C)c4c3C(=O)N(c3ccc(-c5ccccc5C)cn3)CC4)cc2cc1C.Cc1cc2cc(C)c(-n3nc(C)c4c3C(=O)N(c3ncc(-c5ccccc5C)cn3)C4=O)cc2cc1C. The number of benzene rings is 13. The van der Waals surface area contributed by atoms with Crippen LogP contribution in [0.4, 0.5) is 23.3 Å². The zero-order valence-corrected chi connectivity index (χ0v) is 87.8. The number of amides is 6. The normalized spacial score (nSPS) is 13.2. The van der Waals surface area contributed by atoms with Crippen LogP contribution in [0.25, 0.3) is 110 Å². The van der Waals surface area contributed by atoms with Crippen molar-refractivity contribution in [3.05, 3.63) is 424 Å². The number of fused-ring (bicyclic) bond motifs is 8. The molecule has 0 aliphatic carbocycles. The molecule has 7 aromatic heterocycles. The van der Waals surface area contributed by atoms with Crippen LogP contribution in [-0.4, -0.2) is 108 Å². The van der Waals surface area contributed by atoms with Gasteiger partial charge in [-0.15, -0.1) is 0 Å². The average molecular weight is 1960 g/mol. The molecule has 0 bridgehead atoms. The van der Waals surface area contributed by atoms with E-state index in [4.69, 9.17) is 15.2 Å². The average Bonchev–Trinajstić information content (AvgIpc) is 1.56. The third-order valence-corrected chi connectivity index (χ3v) is 30.3. The lowest BCUT2D eigenvalue weighted by Gasteiger charge is -2.29. The first-order valence-electron chi connectivity index (χ1n) is 50.5. The minimum Gasteiger partial charge on any atom is -0.306 e. The highest BCUT2D eigenvalue weighted by atomic mass is 16.2. The summed E-state index contributed by atoms with van der Waals surface area (Å²) in [5, 5.41) is 28.1. The van der Waals surface area contributed by atoms with Crippen LogP contribution in [-0.2, 0) is 12.8 Å². The third-order valence-electron chi connectivity index (χ3n) is 30.3. The van der Waals surface area contributed by atoms with Crippen molar-refractivity contribution in [1.82, 2.24) is 59.1 Å². The van der Waals surface area contributed by atoms with Gasteiger partial charge < -0.3 is 4.90 Å². The summed E-state index contributed by atoms with van der Waals surface area (Å²) in [6, 6.07) is 81.2. The highest BCUT2D eigenvalue weighted by Crippen LogP contribution is 2.43. The van der Waals surface area contributed by atoms with Gasteiger partial charge in [-0.2, -0.15) is 20.4 Å². The van der Waals surface area contributed by atoms with Crippen LogP contribution in [0, 0.1) is 145 Å². The maximum absolute atomic E-state index is 14.1. The maximum Gasteiger partial charge on any atom is 0.287 e. The van der Waals surface area contributed by atoms with E-state index in [0.29, 0.717) is 53.1 Å². The molecule has 22 heteroatoms. The maximum atomic E-state index is 14.1. The summed E-state index contributed by atoms with van der Waals surface area (Å²) < 4.78 is 6.96. The molecule has 4 aliphatic rings. The molecule has 738 valence electrons. The van der Waals surface area contributed by atoms with E-state index in [1.807, 2.05) is 153 Å². The van der Waals surface area contributed by atoms with Gasteiger partial charge in [0.25, 0.3) is 35.4 Å². The molecule has 0 N–H and O–H groups in total. The Hall–Kier alpha value is -17.7. The molecule has 0 atom stereocenters. The van der Waals surface area contributed by atoms with Gasteiger partial charge in [-0.25, -0.2) is 48.5 Å². The molecule has 0 saturated carbocycles. The summed E-state index contributed by atoms with van der Waals surface area (Å²) in [7, 11) is 0. The van der Waals surface area contributed by atoms with Crippen molar-refractivity contribution < 1.29 is 28.8 Å². The van der Waals surface area contributed by atoms with E-state index in [1.54, 1.807) is 52.8 Å². The standard InChI is InChI=1S/C34H33N3O.C32H30N4O.C31H26N4O2.C30H25N5O2/c1-20-9-7-8-10-29(20)26-11-12-31(23(4)17-26)36-14-13-30-25(6)35-37(33(30)34(36)38)32-19-28-16-22(3)21(2)15-27(28)18-24(32)5;1-19-8-6-7-9-27(19)24-10-11-30(33-18-24)35-13-12-28-23(5)34-36(31(28)32(35)37)29-17-26-15-21(3)20(2)14-25(26)16-22(29)4;1-17-8-6-7-9-25(17)22-10-11-27(32-16-22)34-30(36)28-21(5)33-35(29(28)31(34)37)26-15-24-13-19(3)18(2)12-23(24)14-20(26)4;1-16-8-6-7-9-24(16)23-14-31-30(32-15-23)34-28(36)26-20(5)33-35(27(26)29(34)37)25-13-22-11-18(3)17(2)10-21(22)12-19(25)4/h7-12,15-19H,13-14H2,1-6H3;6-11,14-18H,12-13H2,1-5H3;6-16H,1-5H3;6-15H,1-5H3. The molecular weight excluding hydrogens is 1850 g/mol. The Morgan fingerprint density at radius 3 is 0.852 bits per heavy atom. The van der Waals surface area contributed by atoms with E-state index in [1.165, 1.54) is 82.9 Å². The molecule has 0 radical (unpaired) electrons. The molecule has 0 spiro atoms. The largest absolute Gasteiger partial charge is 0.306 e. The minimum atomic E-state index is -0.483. The van der Waals surface area contributed by atoms with Crippen molar-refractivity contribution in [3.8, 4) is 67.3 Å². The highest BCUT2D eigenvalue weighted by molar-refractivity contribution is 6.35. The van der Waals surface area contributed by atoms with Gasteiger partial charge in [0.2, 0.25) is 5.95 Å². The van der Waals surface area contributed by atoms with E-state index >= 15 is 0 Å². The number of aromatic nitrogens is 12. The first-order valence-corrected chi connectivity index (χ1v) is 50.5. The number of rotatable bonds is 12. The lowest BCUT2D eigenvalue weighted by Crippen LogP contribution is -2.39. The molecule has 4 aliphatic heterocycles. The minimum absolute atomic E-state index is 0.0122. The summed E-state index contributed by atoms with van der Waals surface area (Å²) in [6.45, 7) is 44.2. The molecule has 11 heterocycles. The lowest BCUT2D eigenvalue weighted by atomic mass is 9.97. The molecular formula is C127H114N16O6. The van der Waals surface area contributed by atoms with Gasteiger partial charge in [-0.1, -0.05) is 152 Å². The Balaban J connectivity index is 0.000000116. The Morgan fingerprint density at radius 1 is 0.215 bits per heavy atom. The van der Waals surface area contributed by atoms with Gasteiger partial charge in [-0.05, 0) is 409 Å². The second-order valence-electron chi connectivity index (χ2n) is 40.4. The van der Waals surface area contributed by atoms with Crippen molar-refractivity contribution in [3.63, 3.8) is 0 Å². The Labute approximate surface area is 866 Å². The summed E-state index contributed by atoms with van der Waals surface area (Å²) in [5.74, 6) is -0.788. The number of aryl methyl sites for hydroxylation is 21. The predicted molar refractivity (Wildman–Crippen MR) is 595 cm³/mol. The number of hydrogen-bond acceptors (Lipinski definition) is 14. The van der Waals surface area contributed by atoms with Gasteiger partial charge in [0, 0.05) is 71.4 Å². The molecule has 6 amide bonds. The molecule has 20 aromatic rings. The Morgan fingerprint density at radius 2 is 0.497 bits per heavy atom. The van der Waals surface area contributed by atoms with Crippen molar-refractivity contribution in [2.45, 2.75) is 158 Å². The smallest absolute Gasteiger partial charge is 0.287 e. The fourth-order valence-corrected chi connectivity index (χ4v) is 21.5. The van der Waals surface area contributed by atoms with E-state index in [0.717, 1.165) is 173 Å². The highest BCUT2D eigenvalue weighted by Gasteiger charge is 2.46. The van der Waals surface area contributed by atoms with E-state index in [-0.39, 0.29) is 34.7 Å². The van der Waals surface area contributed by atoms with Gasteiger partial charge in [0.1, 0.15) is 34.4 Å². The molecule has 22 nitrogen and oxygen atoms in total. The van der Waals surface area contributed by atoms with Crippen LogP contribution in [0.1, 0.15) is 191 Å². The molecule has 13 aromatic carbocycles. The van der Waals surface area contributed by atoms with Crippen LogP contribution in [0.2, 0.25) is 0 Å². The van der Waals surface area contributed by atoms with Crippen LogP contribution in [0.3, 0.4) is 0 Å². The summed E-state index contributed by atoms with van der Waals surface area (Å²) >= 11 is 0. The first kappa shape index (κ1) is 97.4. The molecule has 149 heavy (non-hydrogen) atoms.